The zero-order valence-electron chi connectivity index (χ0n) is 9.62. The molecule has 0 radical (unpaired) electrons. The normalized spacial score (nSPS) is 14.5. The average molecular weight is 188 g/mol. The van der Waals surface area contributed by atoms with E-state index >= 15 is 0 Å². The quantitative estimate of drug-likeness (QED) is 0.459. The molecule has 0 fully saturated rings. The molecule has 0 aromatic heterocycles. The topological polar surface area (TPSA) is 0 Å². The molecule has 0 heterocycles. The molecule has 0 amide bonds. The lowest BCUT2D eigenvalue weighted by atomic mass is 9.67. The SMILES string of the molecule is CPCCCC(C)(C)C(C)(C)C. The van der Waals surface area contributed by atoms with Crippen LogP contribution in [0.5, 0.6) is 0 Å². The molecule has 0 aliphatic carbocycles. The third-order valence-electron chi connectivity index (χ3n) is 3.26. The fraction of sp³-hybridized carbons (Fsp3) is 1.00. The molecular weight excluding hydrogens is 163 g/mol. The number of hydrogen-bond donors (Lipinski definition) is 0. The van der Waals surface area contributed by atoms with Crippen molar-refractivity contribution in [1.29, 1.82) is 0 Å². The van der Waals surface area contributed by atoms with Gasteiger partial charge in [0.05, 0.1) is 0 Å². The monoisotopic (exact) mass is 188 g/mol. The fourth-order valence-corrected chi connectivity index (χ4v) is 1.61. The molecule has 0 spiro atoms. The molecule has 1 heteroatoms. The summed E-state index contributed by atoms with van der Waals surface area (Å²) in [6.45, 7) is 14.1. The van der Waals surface area contributed by atoms with Crippen molar-refractivity contribution in [2.75, 3.05) is 12.8 Å². The zero-order chi connectivity index (χ0) is 9.83. The molecule has 1 unspecified atom stereocenters. The standard InChI is InChI=1S/C11H25P/c1-10(2,3)11(4,5)8-7-9-12-6/h12H,7-9H2,1-6H3. The summed E-state index contributed by atoms with van der Waals surface area (Å²) < 4.78 is 0. The molecule has 0 aromatic rings. The largest absolute Gasteiger partial charge is 0.125 e. The summed E-state index contributed by atoms with van der Waals surface area (Å²) in [5.41, 5.74) is 0.941. The molecule has 0 nitrogen and oxygen atoms in total. The van der Waals surface area contributed by atoms with Crippen LogP contribution in [0.2, 0.25) is 0 Å². The van der Waals surface area contributed by atoms with Gasteiger partial charge in [0.2, 0.25) is 0 Å². The molecule has 0 bridgehead atoms. The van der Waals surface area contributed by atoms with Crippen molar-refractivity contribution in [2.24, 2.45) is 10.8 Å². The lowest BCUT2D eigenvalue weighted by Crippen LogP contribution is -2.29. The smallest absolute Gasteiger partial charge is 0.0305 e. The minimum Gasteiger partial charge on any atom is -0.125 e. The van der Waals surface area contributed by atoms with Crippen molar-refractivity contribution < 1.29 is 0 Å². The van der Waals surface area contributed by atoms with E-state index in [1.165, 1.54) is 19.0 Å². The Morgan fingerprint density at radius 2 is 1.50 bits per heavy atom. The van der Waals surface area contributed by atoms with E-state index in [-0.39, 0.29) is 0 Å². The van der Waals surface area contributed by atoms with Gasteiger partial charge >= 0.3 is 0 Å². The highest BCUT2D eigenvalue weighted by Gasteiger charge is 2.31. The van der Waals surface area contributed by atoms with Gasteiger partial charge in [-0.2, -0.15) is 0 Å². The average Bonchev–Trinajstić information content (AvgIpc) is 1.85. The fourth-order valence-electron chi connectivity index (χ4n) is 1.08. The summed E-state index contributed by atoms with van der Waals surface area (Å²) >= 11 is 0. The number of rotatable bonds is 4. The molecule has 1 atom stereocenters. The van der Waals surface area contributed by atoms with E-state index in [1.807, 2.05) is 0 Å². The van der Waals surface area contributed by atoms with Gasteiger partial charge in [-0.1, -0.05) is 34.6 Å². The van der Waals surface area contributed by atoms with Crippen LogP contribution in [0.25, 0.3) is 0 Å². The molecular formula is C11H25P. The summed E-state index contributed by atoms with van der Waals surface area (Å²) in [4.78, 5) is 0. The molecule has 0 N–H and O–H groups in total. The summed E-state index contributed by atoms with van der Waals surface area (Å²) in [5, 5.41) is 0. The Morgan fingerprint density at radius 3 is 1.83 bits per heavy atom. The Labute approximate surface area is 80.3 Å². The first-order valence-corrected chi connectivity index (χ1v) is 6.66. The Kier molecular flexibility index (Phi) is 4.77. The first kappa shape index (κ1) is 12.4. The van der Waals surface area contributed by atoms with Crippen molar-refractivity contribution in [1.82, 2.24) is 0 Å². The Morgan fingerprint density at radius 1 is 1.00 bits per heavy atom. The van der Waals surface area contributed by atoms with Gasteiger partial charge in [-0.15, -0.1) is 8.58 Å². The maximum atomic E-state index is 2.39. The van der Waals surface area contributed by atoms with Crippen LogP contribution in [0.3, 0.4) is 0 Å². The van der Waals surface area contributed by atoms with Crippen LogP contribution in [0.1, 0.15) is 47.5 Å². The summed E-state index contributed by atoms with van der Waals surface area (Å²) in [6, 6.07) is 0. The number of hydrogen-bond acceptors (Lipinski definition) is 0. The summed E-state index contributed by atoms with van der Waals surface area (Å²) in [7, 11) is 1.13. The predicted octanol–water partition coefficient (Wildman–Crippen LogP) is 4.15. The van der Waals surface area contributed by atoms with Crippen molar-refractivity contribution >= 4 is 8.58 Å². The summed E-state index contributed by atoms with van der Waals surface area (Å²) in [5.74, 6) is 0. The van der Waals surface area contributed by atoms with Gasteiger partial charge < -0.3 is 0 Å². The minimum absolute atomic E-state index is 0.448. The molecule has 74 valence electrons. The van der Waals surface area contributed by atoms with Gasteiger partial charge in [-0.25, -0.2) is 0 Å². The second-order valence-corrected chi connectivity index (χ2v) is 6.55. The molecule has 0 rings (SSSR count). The third kappa shape index (κ3) is 3.90. The van der Waals surface area contributed by atoms with E-state index in [0.29, 0.717) is 10.8 Å². The lowest BCUT2D eigenvalue weighted by Gasteiger charge is -2.39. The van der Waals surface area contributed by atoms with Crippen LogP contribution >= 0.6 is 8.58 Å². The van der Waals surface area contributed by atoms with Crippen molar-refractivity contribution in [3.05, 3.63) is 0 Å². The Bertz CT molecular complexity index is 119. The Hall–Kier alpha value is 0.430. The van der Waals surface area contributed by atoms with Crippen LogP contribution in [0, 0.1) is 10.8 Å². The van der Waals surface area contributed by atoms with Gasteiger partial charge in [0, 0.05) is 0 Å². The molecule has 0 aliphatic rings. The van der Waals surface area contributed by atoms with E-state index in [2.05, 4.69) is 41.3 Å². The molecule has 0 saturated carbocycles. The highest BCUT2D eigenvalue weighted by molar-refractivity contribution is 7.36. The second kappa shape index (κ2) is 4.61. The van der Waals surface area contributed by atoms with E-state index in [1.54, 1.807) is 0 Å². The van der Waals surface area contributed by atoms with Crippen LogP contribution < -0.4 is 0 Å². The van der Waals surface area contributed by atoms with Gasteiger partial charge in [-0.05, 0) is 36.5 Å². The van der Waals surface area contributed by atoms with Crippen molar-refractivity contribution in [3.8, 4) is 0 Å². The second-order valence-electron chi connectivity index (χ2n) is 5.34. The van der Waals surface area contributed by atoms with Crippen molar-refractivity contribution in [3.63, 3.8) is 0 Å². The highest BCUT2D eigenvalue weighted by atomic mass is 31.1. The van der Waals surface area contributed by atoms with Crippen LogP contribution in [-0.2, 0) is 0 Å². The third-order valence-corrected chi connectivity index (χ3v) is 4.11. The molecule has 12 heavy (non-hydrogen) atoms. The van der Waals surface area contributed by atoms with Crippen LogP contribution in [-0.4, -0.2) is 12.8 Å². The van der Waals surface area contributed by atoms with E-state index in [9.17, 15) is 0 Å². The Balaban J connectivity index is 3.88. The summed E-state index contributed by atoms with van der Waals surface area (Å²) in [6.07, 6.45) is 4.19. The maximum Gasteiger partial charge on any atom is -0.0305 e. The molecule has 0 aromatic carbocycles. The predicted molar refractivity (Wildman–Crippen MR) is 61.6 cm³/mol. The van der Waals surface area contributed by atoms with E-state index < -0.39 is 0 Å². The van der Waals surface area contributed by atoms with Gasteiger partial charge in [0.15, 0.2) is 0 Å². The van der Waals surface area contributed by atoms with E-state index in [0.717, 1.165) is 8.58 Å². The van der Waals surface area contributed by atoms with Crippen LogP contribution in [0.4, 0.5) is 0 Å². The van der Waals surface area contributed by atoms with Gasteiger partial charge in [0.1, 0.15) is 0 Å². The van der Waals surface area contributed by atoms with Gasteiger partial charge in [0.25, 0.3) is 0 Å². The molecule has 0 aliphatic heterocycles. The van der Waals surface area contributed by atoms with Gasteiger partial charge in [-0.3, -0.25) is 0 Å². The first-order valence-electron chi connectivity index (χ1n) is 4.96. The minimum atomic E-state index is 0.448. The molecule has 0 saturated heterocycles. The van der Waals surface area contributed by atoms with Crippen molar-refractivity contribution in [2.45, 2.75) is 47.5 Å². The first-order chi connectivity index (χ1) is 5.31. The zero-order valence-corrected chi connectivity index (χ0v) is 10.6. The maximum absolute atomic E-state index is 2.39. The lowest BCUT2D eigenvalue weighted by molar-refractivity contribution is 0.119. The highest BCUT2D eigenvalue weighted by Crippen LogP contribution is 2.41. The van der Waals surface area contributed by atoms with E-state index in [4.69, 9.17) is 0 Å². The van der Waals surface area contributed by atoms with Crippen LogP contribution in [0.15, 0.2) is 0 Å².